The molecule has 1 aromatic heterocycles. The van der Waals surface area contributed by atoms with Crippen LogP contribution in [0.15, 0.2) is 16.7 Å². The topological polar surface area (TPSA) is 86.5 Å². The Morgan fingerprint density at radius 2 is 2.04 bits per heavy atom. The summed E-state index contributed by atoms with van der Waals surface area (Å²) >= 11 is 6.32. The second-order valence-electron chi connectivity index (χ2n) is 7.97. The highest BCUT2D eigenvalue weighted by molar-refractivity contribution is 6.32. The number of hydrogen-bond acceptors (Lipinski definition) is 6. The lowest BCUT2D eigenvalue weighted by Crippen LogP contribution is -2.23. The summed E-state index contributed by atoms with van der Waals surface area (Å²) < 4.78 is 16.3. The monoisotopic (exact) mass is 409 g/mol. The zero-order chi connectivity index (χ0) is 20.9. The van der Waals surface area contributed by atoms with Crippen LogP contribution in [-0.4, -0.2) is 29.8 Å². The van der Waals surface area contributed by atoms with Crippen molar-refractivity contribution >= 4 is 17.5 Å². The Balaban J connectivity index is 2.06. The number of nitrogens with zero attached hydrogens (tertiary/aromatic N) is 2. The van der Waals surface area contributed by atoms with Crippen molar-refractivity contribution in [3.8, 4) is 11.5 Å². The van der Waals surface area contributed by atoms with Crippen molar-refractivity contribution in [1.82, 2.24) is 15.5 Å². The Labute approximate surface area is 170 Å². The highest BCUT2D eigenvalue weighted by Gasteiger charge is 2.22. The number of hydrogen-bond donors (Lipinski definition) is 1. The lowest BCUT2D eigenvalue weighted by Gasteiger charge is -2.15. The lowest BCUT2D eigenvalue weighted by atomic mass is 9.97. The van der Waals surface area contributed by atoms with Crippen LogP contribution >= 0.6 is 11.6 Å². The minimum Gasteiger partial charge on any atom is -0.493 e. The Hall–Kier alpha value is -2.28. The summed E-state index contributed by atoms with van der Waals surface area (Å²) in [7, 11) is 1.51. The Morgan fingerprint density at radius 1 is 1.32 bits per heavy atom. The van der Waals surface area contributed by atoms with Gasteiger partial charge in [0.15, 0.2) is 17.3 Å². The van der Waals surface area contributed by atoms with Gasteiger partial charge in [-0.1, -0.05) is 51.4 Å². The predicted octanol–water partition coefficient (Wildman–Crippen LogP) is 4.38. The van der Waals surface area contributed by atoms with Crippen LogP contribution in [0.25, 0.3) is 0 Å². The summed E-state index contributed by atoms with van der Waals surface area (Å²) in [6, 6.07) is 3.16. The zero-order valence-corrected chi connectivity index (χ0v) is 18.0. The molecule has 8 heteroatoms. The Morgan fingerprint density at radius 3 is 2.61 bits per heavy atom. The van der Waals surface area contributed by atoms with Gasteiger partial charge in [-0.25, -0.2) is 0 Å². The number of benzene rings is 1. The molecule has 28 heavy (non-hydrogen) atoms. The van der Waals surface area contributed by atoms with Crippen molar-refractivity contribution in [1.29, 1.82) is 0 Å². The highest BCUT2D eigenvalue weighted by atomic mass is 35.5. The highest BCUT2D eigenvalue weighted by Crippen LogP contribution is 2.36. The van der Waals surface area contributed by atoms with Gasteiger partial charge in [-0.3, -0.25) is 4.79 Å². The second kappa shape index (κ2) is 9.28. The van der Waals surface area contributed by atoms with E-state index in [9.17, 15) is 4.79 Å². The molecule has 1 amide bonds. The van der Waals surface area contributed by atoms with Gasteiger partial charge in [0, 0.05) is 11.0 Å². The van der Waals surface area contributed by atoms with Crippen molar-refractivity contribution in [2.45, 2.75) is 53.0 Å². The summed E-state index contributed by atoms with van der Waals surface area (Å²) in [5.74, 6) is 1.97. The van der Waals surface area contributed by atoms with Crippen molar-refractivity contribution < 1.29 is 18.8 Å². The van der Waals surface area contributed by atoms with E-state index < -0.39 is 0 Å². The van der Waals surface area contributed by atoms with E-state index in [1.165, 1.54) is 7.11 Å². The molecule has 2 aromatic rings. The summed E-state index contributed by atoms with van der Waals surface area (Å²) in [6.45, 7) is 10.8. The summed E-state index contributed by atoms with van der Waals surface area (Å²) in [5, 5.41) is 6.97. The Kier molecular flexibility index (Phi) is 7.29. The third-order valence-corrected chi connectivity index (χ3v) is 4.23. The maximum absolute atomic E-state index is 12.5. The number of carbonyl (C=O) groups is 1. The number of carbonyl (C=O) groups excluding carboxylic acids is 1. The molecule has 0 aliphatic carbocycles. The van der Waals surface area contributed by atoms with E-state index >= 15 is 0 Å². The Bertz CT molecular complexity index is 812. The number of methoxy groups -OCH3 is 1. The van der Waals surface area contributed by atoms with E-state index in [1.807, 2.05) is 20.8 Å². The first-order chi connectivity index (χ1) is 13.1. The lowest BCUT2D eigenvalue weighted by molar-refractivity contribution is 0.0949. The average molecular weight is 410 g/mol. The van der Waals surface area contributed by atoms with Gasteiger partial charge in [0.05, 0.1) is 25.3 Å². The molecular formula is C20H28ClN3O4. The quantitative estimate of drug-likeness (QED) is 0.696. The van der Waals surface area contributed by atoms with Gasteiger partial charge in [0.25, 0.3) is 5.91 Å². The number of rotatable bonds is 8. The third kappa shape index (κ3) is 5.86. The van der Waals surface area contributed by atoms with Crippen LogP contribution in [0.1, 0.15) is 63.1 Å². The fraction of sp³-hybridized carbons (Fsp3) is 0.550. The van der Waals surface area contributed by atoms with E-state index in [4.69, 9.17) is 25.6 Å². The fourth-order valence-electron chi connectivity index (χ4n) is 2.28. The zero-order valence-electron chi connectivity index (χ0n) is 17.3. The fourth-order valence-corrected chi connectivity index (χ4v) is 2.54. The van der Waals surface area contributed by atoms with Gasteiger partial charge in [0.2, 0.25) is 5.89 Å². The van der Waals surface area contributed by atoms with Gasteiger partial charge in [-0.15, -0.1) is 0 Å². The number of ether oxygens (including phenoxy) is 2. The van der Waals surface area contributed by atoms with Crippen LogP contribution in [0, 0.1) is 5.92 Å². The molecule has 154 valence electrons. The van der Waals surface area contributed by atoms with Gasteiger partial charge in [-0.2, -0.15) is 4.98 Å². The second-order valence-corrected chi connectivity index (χ2v) is 8.38. The van der Waals surface area contributed by atoms with Crippen molar-refractivity contribution in [2.24, 2.45) is 5.92 Å². The number of amides is 1. The first-order valence-corrected chi connectivity index (χ1v) is 9.61. The summed E-state index contributed by atoms with van der Waals surface area (Å²) in [4.78, 5) is 16.8. The van der Waals surface area contributed by atoms with E-state index in [1.54, 1.807) is 12.1 Å². The van der Waals surface area contributed by atoms with Crippen molar-refractivity contribution in [2.75, 3.05) is 13.7 Å². The van der Waals surface area contributed by atoms with Crippen LogP contribution in [0.5, 0.6) is 11.5 Å². The standard InChI is InChI=1S/C20H28ClN3O4/c1-12(2)7-8-27-17-14(21)9-13(10-15(17)26-6)18(25)22-11-16-23-19(28-24-16)20(3,4)5/h9-10,12H,7-8,11H2,1-6H3,(H,22,25). The number of aromatic nitrogens is 2. The number of nitrogens with one attached hydrogen (secondary N) is 1. The molecule has 0 unspecified atom stereocenters. The molecule has 0 radical (unpaired) electrons. The van der Waals surface area contributed by atoms with Crippen LogP contribution < -0.4 is 14.8 Å². The van der Waals surface area contributed by atoms with Crippen molar-refractivity contribution in [3.63, 3.8) is 0 Å². The molecule has 1 N–H and O–H groups in total. The smallest absolute Gasteiger partial charge is 0.251 e. The summed E-state index contributed by atoms with van der Waals surface area (Å²) in [6.07, 6.45) is 0.892. The predicted molar refractivity (Wildman–Crippen MR) is 107 cm³/mol. The minimum absolute atomic E-state index is 0.144. The third-order valence-electron chi connectivity index (χ3n) is 3.95. The van der Waals surface area contributed by atoms with Crippen LogP contribution in [0.2, 0.25) is 5.02 Å². The van der Waals surface area contributed by atoms with Gasteiger partial charge in [0.1, 0.15) is 0 Å². The largest absolute Gasteiger partial charge is 0.493 e. The molecule has 7 nitrogen and oxygen atoms in total. The van der Waals surface area contributed by atoms with Gasteiger partial charge in [-0.05, 0) is 24.5 Å². The first kappa shape index (κ1) is 22.0. The van der Waals surface area contributed by atoms with Crippen LogP contribution in [0.3, 0.4) is 0 Å². The van der Waals surface area contributed by atoms with E-state index in [2.05, 4.69) is 29.3 Å². The van der Waals surface area contributed by atoms with Crippen molar-refractivity contribution in [3.05, 3.63) is 34.4 Å². The minimum atomic E-state index is -0.323. The molecule has 0 spiro atoms. The molecule has 0 aliphatic rings. The molecule has 0 bridgehead atoms. The molecule has 0 atom stereocenters. The molecule has 1 aromatic carbocycles. The van der Waals surface area contributed by atoms with E-state index in [0.717, 1.165) is 6.42 Å². The van der Waals surface area contributed by atoms with Crippen LogP contribution in [-0.2, 0) is 12.0 Å². The normalized spacial score (nSPS) is 11.6. The molecule has 0 saturated heterocycles. The maximum Gasteiger partial charge on any atom is 0.251 e. The van der Waals surface area contributed by atoms with E-state index in [-0.39, 0.29) is 17.9 Å². The molecule has 2 rings (SSSR count). The SMILES string of the molecule is COc1cc(C(=O)NCc2noc(C(C)(C)C)n2)cc(Cl)c1OCCC(C)C. The maximum atomic E-state index is 12.5. The molecular weight excluding hydrogens is 382 g/mol. The average Bonchev–Trinajstić information content (AvgIpc) is 3.09. The molecule has 0 fully saturated rings. The summed E-state index contributed by atoms with van der Waals surface area (Å²) in [5.41, 5.74) is 0.110. The van der Waals surface area contributed by atoms with Crippen LogP contribution in [0.4, 0.5) is 0 Å². The van der Waals surface area contributed by atoms with Gasteiger partial charge >= 0.3 is 0 Å². The molecule has 0 saturated carbocycles. The van der Waals surface area contributed by atoms with E-state index in [0.29, 0.717) is 46.3 Å². The van der Waals surface area contributed by atoms with Gasteiger partial charge < -0.3 is 19.3 Å². The molecule has 0 aliphatic heterocycles. The molecule has 1 heterocycles. The first-order valence-electron chi connectivity index (χ1n) is 9.23. The number of halogens is 1.